The van der Waals surface area contributed by atoms with Crippen molar-refractivity contribution in [3.8, 4) is 6.07 Å². The minimum atomic E-state index is -0.501. The highest BCUT2D eigenvalue weighted by atomic mass is 19.1. The van der Waals surface area contributed by atoms with Crippen LogP contribution in [0.15, 0.2) is 48.5 Å². The van der Waals surface area contributed by atoms with Crippen LogP contribution in [0.3, 0.4) is 0 Å². The molecule has 0 aliphatic rings. The number of carbonyl (C=O) groups excluding carboxylic acids is 2. The Morgan fingerprint density at radius 2 is 1.81 bits per heavy atom. The van der Waals surface area contributed by atoms with E-state index >= 15 is 0 Å². The van der Waals surface area contributed by atoms with Crippen molar-refractivity contribution in [3.05, 3.63) is 59.9 Å². The van der Waals surface area contributed by atoms with Crippen LogP contribution in [0.4, 0.5) is 15.8 Å². The second-order valence-corrected chi connectivity index (χ2v) is 5.99. The summed E-state index contributed by atoms with van der Waals surface area (Å²) in [5.41, 5.74) is 1.34. The lowest BCUT2D eigenvalue weighted by molar-refractivity contribution is -0.885. The van der Waals surface area contributed by atoms with Gasteiger partial charge in [-0.3, -0.25) is 9.59 Å². The normalized spacial score (nSPS) is 12.5. The van der Waals surface area contributed by atoms with Gasteiger partial charge in [0, 0.05) is 11.4 Å². The molecule has 0 heterocycles. The van der Waals surface area contributed by atoms with E-state index in [1.807, 2.05) is 6.07 Å². The maximum atomic E-state index is 13.1. The molecule has 2 aromatic rings. The molecule has 2 aromatic carbocycles. The molecule has 0 bridgehead atoms. The van der Waals surface area contributed by atoms with Gasteiger partial charge < -0.3 is 15.5 Å². The third kappa shape index (κ3) is 5.40. The predicted octanol–water partition coefficient (Wildman–Crippen LogP) is 1.18. The molecular formula is C19H20FN4O2+. The first-order valence-electron chi connectivity index (χ1n) is 8.08. The Bertz CT molecular complexity index is 847. The summed E-state index contributed by atoms with van der Waals surface area (Å²) in [4.78, 5) is 25.1. The fourth-order valence-corrected chi connectivity index (χ4v) is 2.32. The van der Waals surface area contributed by atoms with Gasteiger partial charge in [0.2, 0.25) is 0 Å². The number of nitrogens with one attached hydrogen (secondary N) is 3. The molecule has 2 rings (SSSR count). The van der Waals surface area contributed by atoms with Crippen molar-refractivity contribution in [1.29, 1.82) is 5.26 Å². The van der Waals surface area contributed by atoms with Crippen LogP contribution in [0.1, 0.15) is 12.5 Å². The lowest BCUT2D eigenvalue weighted by atomic mass is 10.2. The summed E-state index contributed by atoms with van der Waals surface area (Å²) in [5, 5.41) is 14.2. The van der Waals surface area contributed by atoms with Gasteiger partial charge in [0.1, 0.15) is 5.82 Å². The number of nitrogens with zero attached hydrogens (tertiary/aromatic N) is 1. The third-order valence-corrected chi connectivity index (χ3v) is 3.94. The van der Waals surface area contributed by atoms with Gasteiger partial charge in [-0.15, -0.1) is 0 Å². The standard InChI is InChI=1S/C19H19FN4O2/c1-13(19(26)23-16-7-3-5-14(9-16)11-21)24(2)12-18(25)22-17-8-4-6-15(20)10-17/h3-10,13H,12H2,1-2H3,(H,22,25)(H,23,26)/p+1/t13-/m1/s1. The number of nitriles is 1. The van der Waals surface area contributed by atoms with E-state index in [9.17, 15) is 14.0 Å². The zero-order chi connectivity index (χ0) is 19.1. The van der Waals surface area contributed by atoms with E-state index in [0.717, 1.165) is 0 Å². The van der Waals surface area contributed by atoms with E-state index < -0.39 is 11.9 Å². The number of rotatable bonds is 6. The Morgan fingerprint density at radius 1 is 1.15 bits per heavy atom. The Balaban J connectivity index is 1.91. The largest absolute Gasteiger partial charge is 0.321 e. The lowest BCUT2D eigenvalue weighted by Crippen LogP contribution is -3.14. The summed E-state index contributed by atoms with van der Waals surface area (Å²) >= 11 is 0. The SMILES string of the molecule is C[C@H](C(=O)Nc1cccc(C#N)c1)[NH+](C)CC(=O)Nc1cccc(F)c1. The van der Waals surface area contributed by atoms with Gasteiger partial charge >= 0.3 is 0 Å². The number of quaternary nitrogens is 1. The summed E-state index contributed by atoms with van der Waals surface area (Å²) in [6.07, 6.45) is 0. The summed E-state index contributed by atoms with van der Waals surface area (Å²) in [6.45, 7) is 1.75. The van der Waals surface area contributed by atoms with Crippen LogP contribution >= 0.6 is 0 Å². The van der Waals surface area contributed by atoms with Gasteiger partial charge in [0.25, 0.3) is 11.8 Å². The maximum Gasteiger partial charge on any atom is 0.282 e. The van der Waals surface area contributed by atoms with Crippen molar-refractivity contribution in [1.82, 2.24) is 0 Å². The van der Waals surface area contributed by atoms with E-state index in [0.29, 0.717) is 21.8 Å². The summed E-state index contributed by atoms with van der Waals surface area (Å²) in [7, 11) is 1.72. The number of likely N-dealkylation sites (N-methyl/N-ethyl adjacent to an activating group) is 1. The lowest BCUT2D eigenvalue weighted by Gasteiger charge is -2.20. The number of halogens is 1. The van der Waals surface area contributed by atoms with Crippen LogP contribution in [0, 0.1) is 17.1 Å². The van der Waals surface area contributed by atoms with Crippen molar-refractivity contribution in [2.45, 2.75) is 13.0 Å². The average molecular weight is 355 g/mol. The molecule has 0 saturated carbocycles. The Kier molecular flexibility index (Phi) is 6.42. The molecule has 7 heteroatoms. The summed E-state index contributed by atoms with van der Waals surface area (Å²) in [5.74, 6) is -1.02. The molecule has 26 heavy (non-hydrogen) atoms. The number of hydrogen-bond donors (Lipinski definition) is 3. The van der Waals surface area contributed by atoms with E-state index in [1.165, 1.54) is 18.2 Å². The fraction of sp³-hybridized carbons (Fsp3) is 0.211. The van der Waals surface area contributed by atoms with Crippen molar-refractivity contribution < 1.29 is 18.9 Å². The zero-order valence-corrected chi connectivity index (χ0v) is 14.5. The quantitative estimate of drug-likeness (QED) is 0.727. The van der Waals surface area contributed by atoms with Crippen LogP contribution in [0.2, 0.25) is 0 Å². The van der Waals surface area contributed by atoms with Gasteiger partial charge in [0.05, 0.1) is 18.7 Å². The van der Waals surface area contributed by atoms with Gasteiger partial charge in [0.15, 0.2) is 12.6 Å². The van der Waals surface area contributed by atoms with Crippen molar-refractivity contribution >= 4 is 23.2 Å². The number of hydrogen-bond acceptors (Lipinski definition) is 3. The molecule has 0 spiro atoms. The smallest absolute Gasteiger partial charge is 0.282 e. The van der Waals surface area contributed by atoms with Gasteiger partial charge in [-0.05, 0) is 43.3 Å². The highest BCUT2D eigenvalue weighted by Gasteiger charge is 2.24. The minimum Gasteiger partial charge on any atom is -0.321 e. The highest BCUT2D eigenvalue weighted by molar-refractivity contribution is 5.94. The molecule has 2 amide bonds. The first-order valence-corrected chi connectivity index (χ1v) is 8.08. The molecule has 0 aliphatic heterocycles. The molecule has 1 unspecified atom stereocenters. The number of benzene rings is 2. The van der Waals surface area contributed by atoms with E-state index in [2.05, 4.69) is 10.6 Å². The molecule has 3 N–H and O–H groups in total. The monoisotopic (exact) mass is 355 g/mol. The van der Waals surface area contributed by atoms with Crippen molar-refractivity contribution in [2.24, 2.45) is 0 Å². The van der Waals surface area contributed by atoms with Crippen molar-refractivity contribution in [3.63, 3.8) is 0 Å². The van der Waals surface area contributed by atoms with Gasteiger partial charge in [-0.1, -0.05) is 12.1 Å². The van der Waals surface area contributed by atoms with Gasteiger partial charge in [-0.25, -0.2) is 4.39 Å². The molecule has 0 radical (unpaired) electrons. The second kappa shape index (κ2) is 8.74. The first-order chi connectivity index (χ1) is 12.4. The van der Waals surface area contributed by atoms with Crippen LogP contribution in [-0.2, 0) is 9.59 Å². The van der Waals surface area contributed by atoms with Crippen LogP contribution in [0.5, 0.6) is 0 Å². The zero-order valence-electron chi connectivity index (χ0n) is 14.5. The fourth-order valence-electron chi connectivity index (χ4n) is 2.32. The Morgan fingerprint density at radius 3 is 2.46 bits per heavy atom. The molecule has 0 fully saturated rings. The Labute approximate surface area is 151 Å². The second-order valence-electron chi connectivity index (χ2n) is 5.99. The molecular weight excluding hydrogens is 335 g/mol. The Hall–Kier alpha value is -3.24. The summed E-state index contributed by atoms with van der Waals surface area (Å²) < 4.78 is 13.1. The van der Waals surface area contributed by atoms with E-state index in [4.69, 9.17) is 5.26 Å². The molecule has 0 aliphatic carbocycles. The van der Waals surface area contributed by atoms with Crippen LogP contribution < -0.4 is 15.5 Å². The van der Waals surface area contributed by atoms with E-state index in [-0.39, 0.29) is 18.4 Å². The number of amides is 2. The molecule has 6 nitrogen and oxygen atoms in total. The first kappa shape index (κ1) is 19.1. The third-order valence-electron chi connectivity index (χ3n) is 3.94. The van der Waals surface area contributed by atoms with Crippen LogP contribution in [0.25, 0.3) is 0 Å². The molecule has 0 aromatic heterocycles. The predicted molar refractivity (Wildman–Crippen MR) is 96.0 cm³/mol. The topological polar surface area (TPSA) is 86.4 Å². The van der Waals surface area contributed by atoms with Crippen molar-refractivity contribution in [2.75, 3.05) is 24.2 Å². The average Bonchev–Trinajstić information content (AvgIpc) is 2.61. The van der Waals surface area contributed by atoms with Gasteiger partial charge in [-0.2, -0.15) is 5.26 Å². The van der Waals surface area contributed by atoms with E-state index in [1.54, 1.807) is 44.3 Å². The summed E-state index contributed by atoms with van der Waals surface area (Å²) in [6, 6.07) is 13.7. The molecule has 134 valence electrons. The highest BCUT2D eigenvalue weighted by Crippen LogP contribution is 2.10. The van der Waals surface area contributed by atoms with Crippen LogP contribution in [-0.4, -0.2) is 31.4 Å². The number of carbonyl (C=O) groups is 2. The molecule has 2 atom stereocenters. The number of anilines is 2. The maximum absolute atomic E-state index is 13.1. The minimum absolute atomic E-state index is 0.0450. The molecule has 0 saturated heterocycles.